The van der Waals surface area contributed by atoms with Gasteiger partial charge in [0.05, 0.1) is 28.6 Å². The number of hydrogen-bond donors (Lipinski definition) is 2. The number of thiophene rings is 1. The van der Waals surface area contributed by atoms with Crippen LogP contribution in [0.3, 0.4) is 0 Å². The SMILES string of the molecule is Cc1nn(Cc2ccc(Cl)cc2)c2sc(C(=O)Nc3ccccc3SCC(N)=O)cc12. The number of primary amides is 1. The second-order valence-corrected chi connectivity index (χ2v) is 9.39. The maximum absolute atomic E-state index is 12.9. The van der Waals surface area contributed by atoms with Gasteiger partial charge in [-0.1, -0.05) is 35.9 Å². The van der Waals surface area contributed by atoms with Crippen molar-refractivity contribution in [1.29, 1.82) is 0 Å². The molecule has 2 aromatic carbocycles. The van der Waals surface area contributed by atoms with Gasteiger partial charge in [0.2, 0.25) is 5.91 Å². The number of amides is 2. The Kier molecular flexibility index (Phi) is 6.31. The Balaban J connectivity index is 1.57. The first-order valence-electron chi connectivity index (χ1n) is 9.43. The van der Waals surface area contributed by atoms with Gasteiger partial charge in [-0.05, 0) is 42.8 Å². The molecule has 0 aliphatic heterocycles. The highest BCUT2D eigenvalue weighted by molar-refractivity contribution is 8.00. The Morgan fingerprint density at radius 3 is 2.68 bits per heavy atom. The van der Waals surface area contributed by atoms with Crippen LogP contribution in [0.5, 0.6) is 0 Å². The van der Waals surface area contributed by atoms with Crippen molar-refractivity contribution in [3.05, 3.63) is 75.8 Å². The van der Waals surface area contributed by atoms with Gasteiger partial charge in [0.15, 0.2) is 0 Å². The van der Waals surface area contributed by atoms with Crippen molar-refractivity contribution in [2.45, 2.75) is 18.4 Å². The van der Waals surface area contributed by atoms with Crippen LogP contribution in [0.2, 0.25) is 5.02 Å². The van der Waals surface area contributed by atoms with Crippen LogP contribution in [0, 0.1) is 6.92 Å². The normalized spacial score (nSPS) is 11.0. The Bertz CT molecular complexity index is 1260. The maximum Gasteiger partial charge on any atom is 0.265 e. The molecule has 0 unspecified atom stereocenters. The highest BCUT2D eigenvalue weighted by Gasteiger charge is 2.18. The van der Waals surface area contributed by atoms with Crippen LogP contribution in [0.25, 0.3) is 10.2 Å². The highest BCUT2D eigenvalue weighted by Crippen LogP contribution is 2.31. The molecule has 4 rings (SSSR count). The Hall–Kier alpha value is -2.81. The van der Waals surface area contributed by atoms with Crippen molar-refractivity contribution in [1.82, 2.24) is 9.78 Å². The zero-order valence-electron chi connectivity index (χ0n) is 16.6. The van der Waals surface area contributed by atoms with E-state index in [0.717, 1.165) is 26.4 Å². The van der Waals surface area contributed by atoms with E-state index in [0.29, 0.717) is 22.1 Å². The van der Waals surface area contributed by atoms with E-state index in [1.807, 2.05) is 66.2 Å². The lowest BCUT2D eigenvalue weighted by molar-refractivity contribution is -0.115. The molecule has 0 bridgehead atoms. The lowest BCUT2D eigenvalue weighted by Gasteiger charge is -2.09. The fourth-order valence-electron chi connectivity index (χ4n) is 3.12. The summed E-state index contributed by atoms with van der Waals surface area (Å²) in [5, 5.41) is 9.22. The predicted molar refractivity (Wildman–Crippen MR) is 127 cm³/mol. The summed E-state index contributed by atoms with van der Waals surface area (Å²) in [5.41, 5.74) is 7.84. The van der Waals surface area contributed by atoms with Crippen molar-refractivity contribution in [2.75, 3.05) is 11.1 Å². The maximum atomic E-state index is 12.9. The number of aromatic nitrogens is 2. The van der Waals surface area contributed by atoms with Gasteiger partial charge in [-0.15, -0.1) is 23.1 Å². The largest absolute Gasteiger partial charge is 0.369 e. The molecule has 0 aliphatic carbocycles. The molecule has 2 amide bonds. The molecule has 158 valence electrons. The summed E-state index contributed by atoms with van der Waals surface area (Å²) in [6, 6.07) is 16.9. The summed E-state index contributed by atoms with van der Waals surface area (Å²) in [5.74, 6) is -0.461. The quantitative estimate of drug-likeness (QED) is 0.374. The number of nitrogens with zero attached hydrogens (tertiary/aromatic N) is 2. The molecule has 0 atom stereocenters. The molecule has 9 heteroatoms. The average Bonchev–Trinajstić information content (AvgIpc) is 3.30. The molecule has 31 heavy (non-hydrogen) atoms. The molecule has 0 saturated heterocycles. The van der Waals surface area contributed by atoms with Crippen LogP contribution in [0.4, 0.5) is 5.69 Å². The van der Waals surface area contributed by atoms with Crippen molar-refractivity contribution in [3.8, 4) is 0 Å². The van der Waals surface area contributed by atoms with E-state index in [9.17, 15) is 9.59 Å². The van der Waals surface area contributed by atoms with Crippen LogP contribution in [0.15, 0.2) is 59.5 Å². The molecule has 3 N–H and O–H groups in total. The van der Waals surface area contributed by atoms with Crippen molar-refractivity contribution in [2.24, 2.45) is 5.73 Å². The molecular formula is C22H19ClN4O2S2. The van der Waals surface area contributed by atoms with E-state index >= 15 is 0 Å². The Morgan fingerprint density at radius 2 is 1.94 bits per heavy atom. The fraction of sp³-hybridized carbons (Fsp3) is 0.136. The third-order valence-electron chi connectivity index (χ3n) is 4.58. The van der Waals surface area contributed by atoms with Crippen molar-refractivity contribution in [3.63, 3.8) is 0 Å². The number of thioether (sulfide) groups is 1. The molecule has 2 aromatic heterocycles. The number of hydrogen-bond acceptors (Lipinski definition) is 5. The number of benzene rings is 2. The minimum Gasteiger partial charge on any atom is -0.369 e. The summed E-state index contributed by atoms with van der Waals surface area (Å²) >= 11 is 8.67. The average molecular weight is 471 g/mol. The third kappa shape index (κ3) is 4.92. The predicted octanol–water partition coefficient (Wildman–Crippen LogP) is 4.94. The smallest absolute Gasteiger partial charge is 0.265 e. The van der Waals surface area contributed by atoms with Crippen LogP contribution in [-0.2, 0) is 11.3 Å². The van der Waals surface area contributed by atoms with E-state index < -0.39 is 5.91 Å². The van der Waals surface area contributed by atoms with Gasteiger partial charge in [-0.25, -0.2) is 0 Å². The van der Waals surface area contributed by atoms with Gasteiger partial charge in [0, 0.05) is 15.3 Å². The Morgan fingerprint density at radius 1 is 1.19 bits per heavy atom. The number of carbonyl (C=O) groups is 2. The molecule has 0 saturated carbocycles. The van der Waals surface area contributed by atoms with E-state index in [4.69, 9.17) is 17.3 Å². The summed E-state index contributed by atoms with van der Waals surface area (Å²) in [4.78, 5) is 26.4. The Labute approximate surface area is 192 Å². The molecule has 0 spiro atoms. The summed E-state index contributed by atoms with van der Waals surface area (Å²) in [6.07, 6.45) is 0. The monoisotopic (exact) mass is 470 g/mol. The number of nitrogens with one attached hydrogen (secondary N) is 1. The molecule has 0 aliphatic rings. The van der Waals surface area contributed by atoms with Gasteiger partial charge in [-0.3, -0.25) is 14.3 Å². The molecule has 2 heterocycles. The number of aryl methyl sites for hydroxylation is 1. The number of anilines is 1. The number of rotatable bonds is 7. The minimum absolute atomic E-state index is 0.148. The number of nitrogens with two attached hydrogens (primary N) is 1. The van der Waals surface area contributed by atoms with E-state index in [1.54, 1.807) is 0 Å². The van der Waals surface area contributed by atoms with Gasteiger partial charge in [0.25, 0.3) is 5.91 Å². The molecule has 0 fully saturated rings. The zero-order chi connectivity index (χ0) is 22.0. The molecular weight excluding hydrogens is 452 g/mol. The lowest BCUT2D eigenvalue weighted by Crippen LogP contribution is -2.14. The van der Waals surface area contributed by atoms with E-state index in [2.05, 4.69) is 10.4 Å². The fourth-order valence-corrected chi connectivity index (χ4v) is 5.05. The second-order valence-electron chi connectivity index (χ2n) is 6.90. The number of para-hydroxylation sites is 1. The minimum atomic E-state index is -0.406. The van der Waals surface area contributed by atoms with Gasteiger partial charge in [-0.2, -0.15) is 5.10 Å². The highest BCUT2D eigenvalue weighted by atomic mass is 35.5. The summed E-state index contributed by atoms with van der Waals surface area (Å²) in [7, 11) is 0. The third-order valence-corrected chi connectivity index (χ3v) is 7.08. The van der Waals surface area contributed by atoms with Gasteiger partial charge in [0.1, 0.15) is 4.83 Å². The van der Waals surface area contributed by atoms with Crippen LogP contribution in [-0.4, -0.2) is 27.3 Å². The summed E-state index contributed by atoms with van der Waals surface area (Å²) in [6.45, 7) is 2.53. The standard InChI is InChI=1S/C22H19ClN4O2S2/c1-13-16-10-19(21(29)25-17-4-2-3-5-18(17)30-12-20(24)28)31-22(16)27(26-13)11-14-6-8-15(23)9-7-14/h2-10H,11-12H2,1H3,(H2,24,28)(H,25,29). The van der Waals surface area contributed by atoms with Crippen LogP contribution >= 0.6 is 34.7 Å². The van der Waals surface area contributed by atoms with Gasteiger partial charge < -0.3 is 11.1 Å². The van der Waals surface area contributed by atoms with E-state index in [-0.39, 0.29) is 11.7 Å². The van der Waals surface area contributed by atoms with Crippen molar-refractivity contribution < 1.29 is 9.59 Å². The van der Waals surface area contributed by atoms with Crippen LogP contribution in [0.1, 0.15) is 20.9 Å². The van der Waals surface area contributed by atoms with E-state index in [1.165, 1.54) is 23.1 Å². The first-order valence-corrected chi connectivity index (χ1v) is 11.6. The van der Waals surface area contributed by atoms with Crippen molar-refractivity contribution >= 4 is 62.4 Å². The first kappa shape index (κ1) is 21.4. The number of halogens is 1. The topological polar surface area (TPSA) is 90.0 Å². The first-order chi connectivity index (χ1) is 14.9. The zero-order valence-corrected chi connectivity index (χ0v) is 19.0. The number of carbonyl (C=O) groups excluding carboxylic acids is 2. The molecule has 4 aromatic rings. The lowest BCUT2D eigenvalue weighted by atomic mass is 10.2. The summed E-state index contributed by atoms with van der Waals surface area (Å²) < 4.78 is 1.91. The molecule has 6 nitrogen and oxygen atoms in total. The number of fused-ring (bicyclic) bond motifs is 1. The molecule has 0 radical (unpaired) electrons. The second kappa shape index (κ2) is 9.13. The van der Waals surface area contributed by atoms with Crippen LogP contribution < -0.4 is 11.1 Å². The van der Waals surface area contributed by atoms with Gasteiger partial charge >= 0.3 is 0 Å².